The molecule has 19 heavy (non-hydrogen) atoms. The molecule has 5 heteroatoms. The molecule has 0 bridgehead atoms. The standard InChI is InChI=1S/C14H20N2O3/c1-16(15)14(17)5-2-4-11-6-7-12-13(10-11)19-9-3-8-18-12/h6-7,10H,2-5,8-9,15H2,1H3. The molecule has 1 aliphatic rings. The molecule has 0 aromatic heterocycles. The molecule has 1 amide bonds. The largest absolute Gasteiger partial charge is 0.490 e. The molecular formula is C14H20N2O3. The predicted molar refractivity (Wildman–Crippen MR) is 71.9 cm³/mol. The Morgan fingerprint density at radius 2 is 2.05 bits per heavy atom. The van der Waals surface area contributed by atoms with Gasteiger partial charge in [-0.1, -0.05) is 6.07 Å². The molecule has 0 atom stereocenters. The van der Waals surface area contributed by atoms with Crippen molar-refractivity contribution < 1.29 is 14.3 Å². The second-order valence-corrected chi connectivity index (χ2v) is 4.69. The van der Waals surface area contributed by atoms with E-state index < -0.39 is 0 Å². The van der Waals surface area contributed by atoms with Crippen molar-refractivity contribution >= 4 is 5.91 Å². The molecule has 0 unspecified atom stereocenters. The van der Waals surface area contributed by atoms with Gasteiger partial charge in [0.2, 0.25) is 5.91 Å². The van der Waals surface area contributed by atoms with Crippen LogP contribution in [0, 0.1) is 0 Å². The molecule has 2 N–H and O–H groups in total. The summed E-state index contributed by atoms with van der Waals surface area (Å²) in [6, 6.07) is 5.95. The molecule has 5 nitrogen and oxygen atoms in total. The van der Waals surface area contributed by atoms with E-state index in [1.54, 1.807) is 7.05 Å². The fraction of sp³-hybridized carbons (Fsp3) is 0.500. The van der Waals surface area contributed by atoms with Gasteiger partial charge in [-0.2, -0.15) is 0 Å². The molecule has 1 aliphatic heterocycles. The topological polar surface area (TPSA) is 64.8 Å². The Morgan fingerprint density at radius 3 is 2.79 bits per heavy atom. The monoisotopic (exact) mass is 264 g/mol. The number of nitrogens with two attached hydrogens (primary N) is 1. The number of fused-ring (bicyclic) bond motifs is 1. The molecule has 0 saturated heterocycles. The summed E-state index contributed by atoms with van der Waals surface area (Å²) in [5, 5.41) is 1.13. The Hall–Kier alpha value is -1.75. The smallest absolute Gasteiger partial charge is 0.236 e. The number of carbonyl (C=O) groups excluding carboxylic acids is 1. The molecule has 1 aromatic rings. The zero-order valence-corrected chi connectivity index (χ0v) is 11.2. The third kappa shape index (κ3) is 3.86. The van der Waals surface area contributed by atoms with Crippen LogP contribution >= 0.6 is 0 Å². The minimum absolute atomic E-state index is 0.0469. The van der Waals surface area contributed by atoms with Gasteiger partial charge < -0.3 is 9.47 Å². The van der Waals surface area contributed by atoms with Crippen LogP contribution in [-0.2, 0) is 11.2 Å². The second-order valence-electron chi connectivity index (χ2n) is 4.69. The van der Waals surface area contributed by atoms with Crippen molar-refractivity contribution in [2.45, 2.75) is 25.7 Å². The number of hydrogen-bond donors (Lipinski definition) is 1. The number of rotatable bonds is 4. The number of carbonyl (C=O) groups is 1. The van der Waals surface area contributed by atoms with E-state index >= 15 is 0 Å². The number of hydrazine groups is 1. The van der Waals surface area contributed by atoms with E-state index in [9.17, 15) is 4.79 Å². The normalized spacial score (nSPS) is 13.8. The molecule has 0 fully saturated rings. The zero-order chi connectivity index (χ0) is 13.7. The van der Waals surface area contributed by atoms with Crippen molar-refractivity contribution in [1.82, 2.24) is 5.01 Å². The molecule has 2 rings (SSSR count). The summed E-state index contributed by atoms with van der Waals surface area (Å²) >= 11 is 0. The first-order valence-electron chi connectivity index (χ1n) is 6.56. The summed E-state index contributed by atoms with van der Waals surface area (Å²) in [4.78, 5) is 11.4. The number of nitrogens with zero attached hydrogens (tertiary/aromatic N) is 1. The Bertz CT molecular complexity index is 446. The first-order chi connectivity index (χ1) is 9.16. The highest BCUT2D eigenvalue weighted by Gasteiger charge is 2.11. The van der Waals surface area contributed by atoms with E-state index in [0.29, 0.717) is 19.6 Å². The lowest BCUT2D eigenvalue weighted by atomic mass is 10.1. The van der Waals surface area contributed by atoms with Crippen molar-refractivity contribution in [1.29, 1.82) is 0 Å². The fourth-order valence-corrected chi connectivity index (χ4v) is 1.98. The van der Waals surface area contributed by atoms with Crippen LogP contribution < -0.4 is 15.3 Å². The van der Waals surface area contributed by atoms with Gasteiger partial charge in [0.15, 0.2) is 11.5 Å². The Balaban J connectivity index is 1.91. The molecule has 0 spiro atoms. The third-order valence-electron chi connectivity index (χ3n) is 3.06. The van der Waals surface area contributed by atoms with Gasteiger partial charge in [0.1, 0.15) is 0 Å². The predicted octanol–water partition coefficient (Wildman–Crippen LogP) is 1.50. The van der Waals surface area contributed by atoms with Gasteiger partial charge in [0.25, 0.3) is 0 Å². The van der Waals surface area contributed by atoms with Gasteiger partial charge in [-0.3, -0.25) is 9.80 Å². The van der Waals surface area contributed by atoms with Gasteiger partial charge >= 0.3 is 0 Å². The summed E-state index contributed by atoms with van der Waals surface area (Å²) in [6.45, 7) is 1.39. The van der Waals surface area contributed by atoms with Gasteiger partial charge in [-0.15, -0.1) is 0 Å². The highest BCUT2D eigenvalue weighted by molar-refractivity contribution is 5.75. The van der Waals surface area contributed by atoms with Crippen LogP contribution in [0.25, 0.3) is 0 Å². The Morgan fingerprint density at radius 1 is 1.32 bits per heavy atom. The van der Waals surface area contributed by atoms with Gasteiger partial charge in [0.05, 0.1) is 13.2 Å². The number of hydrogen-bond acceptors (Lipinski definition) is 4. The van der Waals surface area contributed by atoms with Crippen molar-refractivity contribution in [2.24, 2.45) is 5.84 Å². The SMILES string of the molecule is CN(N)C(=O)CCCc1ccc2c(c1)OCCCO2. The maximum absolute atomic E-state index is 11.4. The van der Waals surface area contributed by atoms with E-state index in [4.69, 9.17) is 15.3 Å². The highest BCUT2D eigenvalue weighted by Crippen LogP contribution is 2.30. The zero-order valence-electron chi connectivity index (χ0n) is 11.2. The van der Waals surface area contributed by atoms with Gasteiger partial charge in [0, 0.05) is 19.9 Å². The highest BCUT2D eigenvalue weighted by atomic mass is 16.5. The van der Waals surface area contributed by atoms with Crippen molar-refractivity contribution in [3.8, 4) is 11.5 Å². The molecule has 0 aliphatic carbocycles. The summed E-state index contributed by atoms with van der Waals surface area (Å²) in [6.07, 6.45) is 2.97. The lowest BCUT2D eigenvalue weighted by molar-refractivity contribution is -0.130. The van der Waals surface area contributed by atoms with E-state index in [0.717, 1.165) is 41.3 Å². The molecule has 104 valence electrons. The molecule has 0 radical (unpaired) electrons. The van der Waals surface area contributed by atoms with E-state index in [-0.39, 0.29) is 5.91 Å². The maximum Gasteiger partial charge on any atom is 0.236 e. The fourth-order valence-electron chi connectivity index (χ4n) is 1.98. The Kier molecular flexibility index (Phi) is 4.63. The van der Waals surface area contributed by atoms with Gasteiger partial charge in [-0.05, 0) is 30.5 Å². The van der Waals surface area contributed by atoms with Crippen LogP contribution in [0.5, 0.6) is 11.5 Å². The van der Waals surface area contributed by atoms with Crippen LogP contribution in [0.3, 0.4) is 0 Å². The molecule has 1 heterocycles. The second kappa shape index (κ2) is 6.43. The number of ether oxygens (including phenoxy) is 2. The average Bonchev–Trinajstić information content (AvgIpc) is 2.63. The summed E-state index contributed by atoms with van der Waals surface area (Å²) in [5.41, 5.74) is 1.15. The first kappa shape index (κ1) is 13.7. The van der Waals surface area contributed by atoms with Crippen LogP contribution in [0.1, 0.15) is 24.8 Å². The van der Waals surface area contributed by atoms with Crippen LogP contribution in [-0.4, -0.2) is 31.2 Å². The van der Waals surface area contributed by atoms with E-state index in [1.165, 1.54) is 0 Å². The molecular weight excluding hydrogens is 244 g/mol. The van der Waals surface area contributed by atoms with Crippen LogP contribution in [0.4, 0.5) is 0 Å². The van der Waals surface area contributed by atoms with Crippen molar-refractivity contribution in [2.75, 3.05) is 20.3 Å². The summed E-state index contributed by atoms with van der Waals surface area (Å²) in [7, 11) is 1.57. The van der Waals surface area contributed by atoms with E-state index in [1.807, 2.05) is 18.2 Å². The summed E-state index contributed by atoms with van der Waals surface area (Å²) < 4.78 is 11.2. The van der Waals surface area contributed by atoms with Crippen LogP contribution in [0.2, 0.25) is 0 Å². The third-order valence-corrected chi connectivity index (χ3v) is 3.06. The number of amides is 1. The number of aryl methyl sites for hydroxylation is 1. The summed E-state index contributed by atoms with van der Waals surface area (Å²) in [5.74, 6) is 6.93. The van der Waals surface area contributed by atoms with E-state index in [2.05, 4.69) is 0 Å². The average molecular weight is 264 g/mol. The minimum Gasteiger partial charge on any atom is -0.490 e. The molecule has 1 aromatic carbocycles. The minimum atomic E-state index is -0.0469. The van der Waals surface area contributed by atoms with Gasteiger partial charge in [-0.25, -0.2) is 5.84 Å². The first-order valence-corrected chi connectivity index (χ1v) is 6.56. The lowest BCUT2D eigenvalue weighted by Crippen LogP contribution is -2.32. The van der Waals surface area contributed by atoms with Crippen LogP contribution in [0.15, 0.2) is 18.2 Å². The number of benzene rings is 1. The van der Waals surface area contributed by atoms with Crippen molar-refractivity contribution in [3.05, 3.63) is 23.8 Å². The Labute approximate surface area is 113 Å². The van der Waals surface area contributed by atoms with Crippen molar-refractivity contribution in [3.63, 3.8) is 0 Å². The molecule has 0 saturated carbocycles. The quantitative estimate of drug-likeness (QED) is 0.508. The lowest BCUT2D eigenvalue weighted by Gasteiger charge is -2.11. The maximum atomic E-state index is 11.4.